The molecule has 0 amide bonds. The standard InChI is InChI=1S/Al.H5O10P3.H3O4P.O.2Zn/c;1-11(2,3)9-13(7,8)10-12(4,5)6;1-5(2,3)4;;;/h;(H,7,8)(H2,1,2,3)(H2,4,5,6);(H3,1,2,3,4);;;/q+3;;;-2;2*+2/p-5. The van der Waals surface area contributed by atoms with Crippen LogP contribution in [-0.2, 0) is 71.3 Å². The number of phosphoric acid groups is 4. The van der Waals surface area contributed by atoms with E-state index in [9.17, 15) is 38.2 Å². The molecule has 0 atom stereocenters. The molecule has 0 aromatic carbocycles. The molecule has 0 aliphatic carbocycles. The first-order chi connectivity index (χ1) is 7.41. The second kappa shape index (κ2) is 14.4. The first-order valence-corrected chi connectivity index (χ1v) is 8.92. The molecule has 3 N–H and O–H groups in total. The SMILES string of the molecule is O=P(O)(O)O.O=P([O-])([O-])OP(=O)([O-])OP(=O)([O-])[O-].[Al+3].[O-2].[Zn+2].[Zn+2]. The maximum absolute atomic E-state index is 10.1. The van der Waals surface area contributed by atoms with Crippen molar-refractivity contribution in [1.82, 2.24) is 0 Å². The van der Waals surface area contributed by atoms with Gasteiger partial charge in [0.25, 0.3) is 7.82 Å². The summed E-state index contributed by atoms with van der Waals surface area (Å²) >= 11 is 0. The summed E-state index contributed by atoms with van der Waals surface area (Å²) in [7, 11) is -22.5. The minimum Gasteiger partial charge on any atom is -2.00 e. The van der Waals surface area contributed by atoms with Crippen LogP contribution < -0.4 is 24.5 Å². The Balaban J connectivity index is -0.0000000627. The molecule has 15 nitrogen and oxygen atoms in total. The van der Waals surface area contributed by atoms with Gasteiger partial charge in [-0.05, 0) is 0 Å². The second-order valence-corrected chi connectivity index (χ2v) is 7.03. The van der Waals surface area contributed by atoms with Gasteiger partial charge in [-0.15, -0.1) is 0 Å². The van der Waals surface area contributed by atoms with Gasteiger partial charge in [0.05, 0.1) is 15.6 Å². The van der Waals surface area contributed by atoms with E-state index in [2.05, 4.69) is 8.62 Å². The van der Waals surface area contributed by atoms with E-state index in [0.29, 0.717) is 0 Å². The van der Waals surface area contributed by atoms with Crippen molar-refractivity contribution in [2.75, 3.05) is 0 Å². The van der Waals surface area contributed by atoms with Crippen molar-refractivity contribution in [3.63, 3.8) is 0 Å². The van der Waals surface area contributed by atoms with Gasteiger partial charge < -0.3 is 53.8 Å². The molecule has 0 radical (unpaired) electrons. The van der Waals surface area contributed by atoms with Crippen LogP contribution >= 0.6 is 31.3 Å². The third-order valence-corrected chi connectivity index (χ3v) is 3.60. The van der Waals surface area contributed by atoms with E-state index >= 15 is 0 Å². The van der Waals surface area contributed by atoms with Crippen LogP contribution in [0.3, 0.4) is 0 Å². The largest absolute Gasteiger partial charge is 3.00 e. The first-order valence-electron chi connectivity index (χ1n) is 2.97. The van der Waals surface area contributed by atoms with E-state index in [1.807, 2.05) is 0 Å². The molecule has 0 aromatic heterocycles. The molecular formula is H3AlO15P4Zn2. The topological polar surface area (TPSA) is 291 Å². The minimum absolute atomic E-state index is 0. The predicted octanol–water partition coefficient (Wildman–Crippen LogP) is -5.29. The summed E-state index contributed by atoms with van der Waals surface area (Å²) in [6, 6.07) is 0. The van der Waals surface area contributed by atoms with Crippen molar-refractivity contribution < 1.29 is 110 Å². The molecule has 0 aliphatic rings. The van der Waals surface area contributed by atoms with Crippen LogP contribution in [0, 0.1) is 0 Å². The predicted molar refractivity (Wildman–Crippen MR) is 45.7 cm³/mol. The van der Waals surface area contributed by atoms with Crippen molar-refractivity contribution in [3.05, 3.63) is 0 Å². The molecule has 0 spiro atoms. The molecule has 0 saturated carbocycles. The molecule has 0 unspecified atom stereocenters. The third kappa shape index (κ3) is 49.5. The Morgan fingerprint density at radius 2 is 0.818 bits per heavy atom. The smallest absolute Gasteiger partial charge is 2.00 e. The summed E-state index contributed by atoms with van der Waals surface area (Å²) in [6.07, 6.45) is 0. The average molecular weight is 525 g/mol. The van der Waals surface area contributed by atoms with Gasteiger partial charge in [-0.1, -0.05) is 0 Å². The molecule has 0 fully saturated rings. The molecule has 0 heterocycles. The summed E-state index contributed by atoms with van der Waals surface area (Å²) in [5.41, 5.74) is 0. The van der Waals surface area contributed by atoms with Gasteiger partial charge in [0.15, 0.2) is 0 Å². The van der Waals surface area contributed by atoms with Crippen LogP contribution in [0.25, 0.3) is 0 Å². The van der Waals surface area contributed by atoms with E-state index in [0.717, 1.165) is 0 Å². The molecule has 120 valence electrons. The van der Waals surface area contributed by atoms with Crippen molar-refractivity contribution in [1.29, 1.82) is 0 Å². The van der Waals surface area contributed by atoms with Gasteiger partial charge in [-0.2, -0.15) is 0 Å². The molecule has 0 bridgehead atoms. The zero-order chi connectivity index (χ0) is 15.4. The van der Waals surface area contributed by atoms with E-state index in [4.69, 9.17) is 19.2 Å². The van der Waals surface area contributed by atoms with Crippen molar-refractivity contribution >= 4 is 48.7 Å². The Bertz CT molecular complexity index is 404. The first kappa shape index (κ1) is 39.4. The summed E-state index contributed by atoms with van der Waals surface area (Å²) in [4.78, 5) is 70.2. The van der Waals surface area contributed by atoms with Crippen molar-refractivity contribution in [3.8, 4) is 0 Å². The summed E-state index contributed by atoms with van der Waals surface area (Å²) in [5, 5.41) is 0. The van der Waals surface area contributed by atoms with Crippen LogP contribution in [-0.4, -0.2) is 32.0 Å². The minimum atomic E-state index is -5.97. The third-order valence-electron chi connectivity index (χ3n) is 0.400. The Kier molecular flexibility index (Phi) is 25.8. The second-order valence-electron chi connectivity index (χ2n) is 2.02. The van der Waals surface area contributed by atoms with E-state index in [-0.39, 0.29) is 61.8 Å². The van der Waals surface area contributed by atoms with Crippen molar-refractivity contribution in [2.45, 2.75) is 0 Å². The zero-order valence-electron chi connectivity index (χ0n) is 10.0. The van der Waals surface area contributed by atoms with Crippen molar-refractivity contribution in [2.24, 2.45) is 0 Å². The monoisotopic (exact) mass is 522 g/mol. The van der Waals surface area contributed by atoms with Gasteiger partial charge in [0, 0.05) is 0 Å². The summed E-state index contributed by atoms with van der Waals surface area (Å²) in [5.74, 6) is 0. The van der Waals surface area contributed by atoms with Gasteiger partial charge in [-0.3, -0.25) is 13.2 Å². The Labute approximate surface area is 158 Å². The van der Waals surface area contributed by atoms with Gasteiger partial charge >= 0.3 is 64.1 Å². The number of hydrogen-bond acceptors (Lipinski definition) is 11. The fraction of sp³-hybridized carbons (Fsp3) is 0. The maximum Gasteiger partial charge on any atom is 3.00 e. The molecular weight excluding hydrogens is 522 g/mol. The van der Waals surface area contributed by atoms with Gasteiger partial charge in [0.2, 0.25) is 0 Å². The zero-order valence-corrected chi connectivity index (χ0v) is 20.7. The molecule has 0 rings (SSSR count). The normalized spacial score (nSPS) is 11.3. The van der Waals surface area contributed by atoms with Crippen LogP contribution in [0.1, 0.15) is 0 Å². The Morgan fingerprint density at radius 3 is 0.909 bits per heavy atom. The number of rotatable bonds is 4. The van der Waals surface area contributed by atoms with E-state index in [1.54, 1.807) is 0 Å². The Morgan fingerprint density at radius 1 is 0.682 bits per heavy atom. The maximum atomic E-state index is 10.1. The van der Waals surface area contributed by atoms with E-state index < -0.39 is 31.3 Å². The summed E-state index contributed by atoms with van der Waals surface area (Å²) < 4.78 is 43.6. The Hall–Kier alpha value is 2.26. The summed E-state index contributed by atoms with van der Waals surface area (Å²) in [6.45, 7) is 0. The molecule has 22 heteroatoms. The molecule has 0 aromatic rings. The molecule has 0 saturated heterocycles. The van der Waals surface area contributed by atoms with Crippen LogP contribution in [0.2, 0.25) is 0 Å². The quantitative estimate of drug-likeness (QED) is 0.228. The van der Waals surface area contributed by atoms with Crippen LogP contribution in [0.15, 0.2) is 0 Å². The van der Waals surface area contributed by atoms with Crippen LogP contribution in [0.5, 0.6) is 0 Å². The number of hydrogen-bond donors (Lipinski definition) is 3. The van der Waals surface area contributed by atoms with E-state index in [1.165, 1.54) is 0 Å². The van der Waals surface area contributed by atoms with Crippen LogP contribution in [0.4, 0.5) is 0 Å². The fourth-order valence-electron chi connectivity index (χ4n) is 0.260. The average Bonchev–Trinajstić information content (AvgIpc) is 1.64. The van der Waals surface area contributed by atoms with Gasteiger partial charge in [0.1, 0.15) is 0 Å². The molecule has 22 heavy (non-hydrogen) atoms. The molecule has 0 aliphatic heterocycles. The van der Waals surface area contributed by atoms with Gasteiger partial charge in [-0.25, -0.2) is 4.57 Å². The fourth-order valence-corrected chi connectivity index (χ4v) is 2.61.